The molecule has 2 rings (SSSR count). The van der Waals surface area contributed by atoms with Crippen LogP contribution in [0.4, 0.5) is 0 Å². The third kappa shape index (κ3) is 1.16. The largest absolute Gasteiger partial charge is 0.477 e. The molecule has 0 aliphatic rings. The number of hydrogen-bond acceptors (Lipinski definition) is 2. The van der Waals surface area contributed by atoms with E-state index in [0.29, 0.717) is 5.69 Å². The Bertz CT molecular complexity index is 473. The first-order valence-corrected chi connectivity index (χ1v) is 3.86. The van der Waals surface area contributed by atoms with Crippen molar-refractivity contribution in [2.75, 3.05) is 0 Å². The molecule has 0 aliphatic heterocycles. The van der Waals surface area contributed by atoms with Crippen LogP contribution in [0, 0.1) is 6.92 Å². The average molecular weight is 176 g/mol. The molecule has 0 saturated carbocycles. The van der Waals surface area contributed by atoms with Crippen LogP contribution in [0.3, 0.4) is 0 Å². The number of aromatic amines is 1. The first-order valence-electron chi connectivity index (χ1n) is 3.86. The SMILES string of the molecule is Cc1nc(C(=O)O)cc2cc[nH]c12. The molecule has 0 atom stereocenters. The Balaban J connectivity index is 2.77. The second-order valence-corrected chi connectivity index (χ2v) is 2.84. The van der Waals surface area contributed by atoms with Crippen LogP contribution in [0.2, 0.25) is 0 Å². The number of pyridine rings is 1. The van der Waals surface area contributed by atoms with Gasteiger partial charge in [-0.05, 0) is 19.1 Å². The summed E-state index contributed by atoms with van der Waals surface area (Å²) in [5.41, 5.74) is 1.69. The number of carboxylic acid groups (broad SMARTS) is 1. The summed E-state index contributed by atoms with van der Waals surface area (Å²) < 4.78 is 0. The molecule has 13 heavy (non-hydrogen) atoms. The molecule has 0 bridgehead atoms. The number of hydrogen-bond donors (Lipinski definition) is 2. The molecule has 66 valence electrons. The summed E-state index contributed by atoms with van der Waals surface area (Å²) in [4.78, 5) is 17.6. The summed E-state index contributed by atoms with van der Waals surface area (Å²) in [6.45, 7) is 1.78. The number of rotatable bonds is 1. The lowest BCUT2D eigenvalue weighted by Crippen LogP contribution is -2.01. The first-order chi connectivity index (χ1) is 6.18. The number of nitrogens with zero attached hydrogens (tertiary/aromatic N) is 1. The fraction of sp³-hybridized carbons (Fsp3) is 0.111. The lowest BCUT2D eigenvalue weighted by molar-refractivity contribution is 0.0690. The molecule has 2 aromatic heterocycles. The van der Waals surface area contributed by atoms with Crippen molar-refractivity contribution in [3.63, 3.8) is 0 Å². The fourth-order valence-electron chi connectivity index (χ4n) is 1.34. The Kier molecular flexibility index (Phi) is 1.55. The van der Waals surface area contributed by atoms with Crippen molar-refractivity contribution < 1.29 is 9.90 Å². The molecular formula is C9H8N2O2. The zero-order valence-corrected chi connectivity index (χ0v) is 7.03. The standard InChI is InChI=1S/C9H8N2O2/c1-5-8-6(2-3-10-8)4-7(11-5)9(12)13/h2-4,10H,1H3,(H,12,13). The number of carboxylic acids is 1. The number of aromatic carboxylic acids is 1. The van der Waals surface area contributed by atoms with Gasteiger partial charge < -0.3 is 10.1 Å². The zero-order chi connectivity index (χ0) is 9.42. The summed E-state index contributed by atoms with van der Waals surface area (Å²) in [5.74, 6) is -0.994. The van der Waals surface area contributed by atoms with E-state index in [1.807, 2.05) is 6.07 Å². The van der Waals surface area contributed by atoms with Crippen molar-refractivity contribution in [1.82, 2.24) is 9.97 Å². The monoisotopic (exact) mass is 176 g/mol. The Morgan fingerprint density at radius 1 is 1.62 bits per heavy atom. The normalized spacial score (nSPS) is 10.5. The van der Waals surface area contributed by atoms with Crippen LogP contribution in [0.15, 0.2) is 18.3 Å². The van der Waals surface area contributed by atoms with Crippen molar-refractivity contribution in [1.29, 1.82) is 0 Å². The number of H-pyrrole nitrogens is 1. The van der Waals surface area contributed by atoms with Gasteiger partial charge in [0.15, 0.2) is 0 Å². The molecule has 0 radical (unpaired) electrons. The van der Waals surface area contributed by atoms with Crippen LogP contribution in [0.5, 0.6) is 0 Å². The number of aryl methyl sites for hydroxylation is 1. The maximum atomic E-state index is 10.6. The number of fused-ring (bicyclic) bond motifs is 1. The van der Waals surface area contributed by atoms with Crippen molar-refractivity contribution in [3.05, 3.63) is 29.7 Å². The Labute approximate surface area is 74.2 Å². The summed E-state index contributed by atoms with van der Waals surface area (Å²) in [5, 5.41) is 9.61. The second kappa shape index (κ2) is 2.58. The molecule has 4 nitrogen and oxygen atoms in total. The van der Waals surface area contributed by atoms with E-state index < -0.39 is 5.97 Å². The molecule has 0 fully saturated rings. The number of nitrogens with one attached hydrogen (secondary N) is 1. The van der Waals surface area contributed by atoms with Gasteiger partial charge in [0.25, 0.3) is 0 Å². The second-order valence-electron chi connectivity index (χ2n) is 2.84. The average Bonchev–Trinajstić information content (AvgIpc) is 2.51. The lowest BCUT2D eigenvalue weighted by Gasteiger charge is -1.98. The Morgan fingerprint density at radius 3 is 3.08 bits per heavy atom. The van der Waals surface area contributed by atoms with E-state index in [2.05, 4.69) is 9.97 Å². The van der Waals surface area contributed by atoms with E-state index in [4.69, 9.17) is 5.11 Å². The summed E-state index contributed by atoms with van der Waals surface area (Å²) >= 11 is 0. The molecule has 0 amide bonds. The third-order valence-corrected chi connectivity index (χ3v) is 1.94. The van der Waals surface area contributed by atoms with E-state index in [0.717, 1.165) is 10.9 Å². The van der Waals surface area contributed by atoms with Crippen LogP contribution >= 0.6 is 0 Å². The highest BCUT2D eigenvalue weighted by atomic mass is 16.4. The van der Waals surface area contributed by atoms with Crippen LogP contribution in [-0.4, -0.2) is 21.0 Å². The predicted octanol–water partition coefficient (Wildman–Crippen LogP) is 1.57. The van der Waals surface area contributed by atoms with Gasteiger partial charge in [-0.15, -0.1) is 0 Å². The minimum atomic E-state index is -0.994. The Morgan fingerprint density at radius 2 is 2.38 bits per heavy atom. The van der Waals surface area contributed by atoms with Gasteiger partial charge in [0.05, 0.1) is 11.2 Å². The van der Waals surface area contributed by atoms with Crippen molar-refractivity contribution in [2.45, 2.75) is 6.92 Å². The van der Waals surface area contributed by atoms with Crippen molar-refractivity contribution in [2.24, 2.45) is 0 Å². The molecule has 0 spiro atoms. The highest BCUT2D eigenvalue weighted by Crippen LogP contribution is 2.15. The molecule has 2 heterocycles. The predicted molar refractivity (Wildman–Crippen MR) is 47.8 cm³/mol. The molecule has 0 unspecified atom stereocenters. The first kappa shape index (κ1) is 7.79. The fourth-order valence-corrected chi connectivity index (χ4v) is 1.34. The van der Waals surface area contributed by atoms with Gasteiger partial charge in [-0.25, -0.2) is 9.78 Å². The maximum Gasteiger partial charge on any atom is 0.354 e. The van der Waals surface area contributed by atoms with Crippen molar-refractivity contribution in [3.8, 4) is 0 Å². The number of aromatic nitrogens is 2. The summed E-state index contributed by atoms with van der Waals surface area (Å²) in [6, 6.07) is 3.39. The molecular weight excluding hydrogens is 168 g/mol. The maximum absolute atomic E-state index is 10.6. The van der Waals surface area contributed by atoms with Crippen LogP contribution in [-0.2, 0) is 0 Å². The lowest BCUT2D eigenvalue weighted by atomic mass is 10.2. The quantitative estimate of drug-likeness (QED) is 0.693. The van der Waals surface area contributed by atoms with Gasteiger partial charge in [0, 0.05) is 11.6 Å². The summed E-state index contributed by atoms with van der Waals surface area (Å²) in [7, 11) is 0. The van der Waals surface area contributed by atoms with E-state index in [1.54, 1.807) is 19.2 Å². The van der Waals surface area contributed by atoms with E-state index in [9.17, 15) is 4.79 Å². The third-order valence-electron chi connectivity index (χ3n) is 1.94. The highest BCUT2D eigenvalue weighted by molar-refractivity contribution is 5.92. The van der Waals surface area contributed by atoms with Crippen LogP contribution in [0.1, 0.15) is 16.2 Å². The zero-order valence-electron chi connectivity index (χ0n) is 7.03. The van der Waals surface area contributed by atoms with Crippen LogP contribution in [0.25, 0.3) is 10.9 Å². The van der Waals surface area contributed by atoms with Gasteiger partial charge in [0.2, 0.25) is 0 Å². The molecule has 4 heteroatoms. The minimum absolute atomic E-state index is 0.0876. The molecule has 2 N–H and O–H groups in total. The van der Waals surface area contributed by atoms with Gasteiger partial charge in [-0.1, -0.05) is 0 Å². The molecule has 0 saturated heterocycles. The Hall–Kier alpha value is -1.84. The smallest absolute Gasteiger partial charge is 0.354 e. The van der Waals surface area contributed by atoms with Crippen molar-refractivity contribution >= 4 is 16.9 Å². The van der Waals surface area contributed by atoms with Gasteiger partial charge in [-0.2, -0.15) is 0 Å². The van der Waals surface area contributed by atoms with Crippen LogP contribution < -0.4 is 0 Å². The number of carbonyl (C=O) groups is 1. The van der Waals surface area contributed by atoms with Gasteiger partial charge in [-0.3, -0.25) is 0 Å². The minimum Gasteiger partial charge on any atom is -0.477 e. The molecule has 0 aromatic carbocycles. The van der Waals surface area contributed by atoms with E-state index in [1.165, 1.54) is 0 Å². The van der Waals surface area contributed by atoms with Gasteiger partial charge >= 0.3 is 5.97 Å². The topological polar surface area (TPSA) is 66.0 Å². The highest BCUT2D eigenvalue weighted by Gasteiger charge is 2.08. The van der Waals surface area contributed by atoms with Gasteiger partial charge in [0.1, 0.15) is 5.69 Å². The van der Waals surface area contributed by atoms with E-state index in [-0.39, 0.29) is 5.69 Å². The van der Waals surface area contributed by atoms with E-state index >= 15 is 0 Å². The summed E-state index contributed by atoms with van der Waals surface area (Å²) in [6.07, 6.45) is 1.77. The molecule has 0 aliphatic carbocycles. The molecule has 2 aromatic rings.